The average molecular weight is 457 g/mol. The van der Waals surface area contributed by atoms with Crippen molar-refractivity contribution < 1.29 is 23.9 Å². The Kier molecular flexibility index (Phi) is 7.89. The largest absolute Gasteiger partial charge is 0.456 e. The van der Waals surface area contributed by atoms with Crippen LogP contribution in [-0.2, 0) is 20.7 Å². The molecular weight excluding hydrogens is 432 g/mol. The Morgan fingerprint density at radius 2 is 1.75 bits per heavy atom. The van der Waals surface area contributed by atoms with E-state index in [9.17, 15) is 14.4 Å². The molecule has 2 aromatic carbocycles. The zero-order valence-corrected chi connectivity index (χ0v) is 18.6. The van der Waals surface area contributed by atoms with Crippen LogP contribution in [0.5, 0.6) is 0 Å². The van der Waals surface area contributed by atoms with Gasteiger partial charge in [-0.15, -0.1) is 0 Å². The van der Waals surface area contributed by atoms with Gasteiger partial charge in [0.25, 0.3) is 0 Å². The standard InChI is InChI=1S/C24H25ClN2O5/c1-15(2)13-32-24(30)27-21(11-17-12-26-20-6-4-3-5-19(17)20)23(29)31-14-22(28)16-7-9-18(25)10-8-16/h3-10,12,15,21,26H,11,13-14H2,1-2H3,(H,27,30)/t21-/m1/s1. The minimum atomic E-state index is -1.02. The summed E-state index contributed by atoms with van der Waals surface area (Å²) in [5.74, 6) is -0.945. The monoisotopic (exact) mass is 456 g/mol. The first-order chi connectivity index (χ1) is 15.3. The van der Waals surface area contributed by atoms with Crippen molar-refractivity contribution in [2.75, 3.05) is 13.2 Å². The van der Waals surface area contributed by atoms with Crippen LogP contribution in [0.3, 0.4) is 0 Å². The molecule has 0 aliphatic carbocycles. The maximum absolute atomic E-state index is 12.8. The molecule has 2 N–H and O–H groups in total. The molecule has 0 spiro atoms. The molecule has 0 radical (unpaired) electrons. The Balaban J connectivity index is 1.70. The summed E-state index contributed by atoms with van der Waals surface area (Å²) in [6, 6.07) is 12.9. The van der Waals surface area contributed by atoms with Crippen LogP contribution in [-0.4, -0.2) is 42.1 Å². The van der Waals surface area contributed by atoms with Gasteiger partial charge >= 0.3 is 12.1 Å². The Labute approximate surface area is 191 Å². The molecule has 1 aromatic heterocycles. The number of fused-ring (bicyclic) bond motifs is 1. The number of amides is 1. The fourth-order valence-electron chi connectivity index (χ4n) is 3.10. The van der Waals surface area contributed by atoms with Gasteiger partial charge in [-0.25, -0.2) is 9.59 Å². The van der Waals surface area contributed by atoms with Gasteiger partial charge in [-0.2, -0.15) is 0 Å². The summed E-state index contributed by atoms with van der Waals surface area (Å²) in [5, 5.41) is 4.00. The molecule has 3 aromatic rings. The van der Waals surface area contributed by atoms with Gasteiger partial charge < -0.3 is 19.8 Å². The van der Waals surface area contributed by atoms with E-state index in [1.54, 1.807) is 30.5 Å². The van der Waals surface area contributed by atoms with Crippen LogP contribution in [0.25, 0.3) is 10.9 Å². The number of ketones is 1. The summed E-state index contributed by atoms with van der Waals surface area (Å²) < 4.78 is 10.4. The van der Waals surface area contributed by atoms with E-state index in [1.807, 2.05) is 38.1 Å². The van der Waals surface area contributed by atoms with Crippen molar-refractivity contribution in [1.29, 1.82) is 0 Å². The smallest absolute Gasteiger partial charge is 0.407 e. The number of Topliss-reactive ketones (excluding diaryl/α,β-unsaturated/α-hetero) is 1. The van der Waals surface area contributed by atoms with E-state index in [1.165, 1.54) is 0 Å². The number of rotatable bonds is 9. The molecule has 0 saturated carbocycles. The Hall–Kier alpha value is -3.32. The van der Waals surface area contributed by atoms with E-state index < -0.39 is 24.7 Å². The van der Waals surface area contributed by atoms with Crippen LogP contribution < -0.4 is 5.32 Å². The summed E-state index contributed by atoms with van der Waals surface area (Å²) in [5.41, 5.74) is 2.12. The van der Waals surface area contributed by atoms with Crippen molar-refractivity contribution in [3.8, 4) is 0 Å². The van der Waals surface area contributed by atoms with E-state index in [0.29, 0.717) is 10.6 Å². The van der Waals surface area contributed by atoms with Gasteiger partial charge in [-0.1, -0.05) is 43.6 Å². The second-order valence-electron chi connectivity index (χ2n) is 7.79. The third-order valence-electron chi connectivity index (χ3n) is 4.74. The molecule has 1 heterocycles. The van der Waals surface area contributed by atoms with Gasteiger partial charge in [0.1, 0.15) is 6.04 Å². The highest BCUT2D eigenvalue weighted by Crippen LogP contribution is 2.19. The molecule has 1 amide bonds. The van der Waals surface area contributed by atoms with Crippen molar-refractivity contribution in [2.45, 2.75) is 26.3 Å². The van der Waals surface area contributed by atoms with Crippen molar-refractivity contribution in [3.63, 3.8) is 0 Å². The number of benzene rings is 2. The summed E-state index contributed by atoms with van der Waals surface area (Å²) >= 11 is 5.84. The summed E-state index contributed by atoms with van der Waals surface area (Å²) in [6.07, 6.45) is 1.24. The fourth-order valence-corrected chi connectivity index (χ4v) is 3.22. The van der Waals surface area contributed by atoms with E-state index >= 15 is 0 Å². The average Bonchev–Trinajstić information content (AvgIpc) is 3.18. The van der Waals surface area contributed by atoms with Crippen molar-refractivity contribution in [1.82, 2.24) is 10.3 Å². The van der Waals surface area contributed by atoms with Crippen LogP contribution in [0.2, 0.25) is 5.02 Å². The number of hydrogen-bond donors (Lipinski definition) is 2. The quantitative estimate of drug-likeness (QED) is 0.364. The van der Waals surface area contributed by atoms with Crippen molar-refractivity contribution in [2.24, 2.45) is 5.92 Å². The van der Waals surface area contributed by atoms with Crippen LogP contribution >= 0.6 is 11.6 Å². The molecule has 168 valence electrons. The number of hydrogen-bond acceptors (Lipinski definition) is 5. The number of para-hydroxylation sites is 1. The molecule has 0 aliphatic heterocycles. The predicted molar refractivity (Wildman–Crippen MR) is 122 cm³/mol. The lowest BCUT2D eigenvalue weighted by molar-refractivity contribution is -0.144. The number of alkyl carbamates (subject to hydrolysis) is 1. The second kappa shape index (κ2) is 10.8. The first-order valence-electron chi connectivity index (χ1n) is 10.3. The molecule has 3 rings (SSSR count). The highest BCUT2D eigenvalue weighted by molar-refractivity contribution is 6.30. The maximum Gasteiger partial charge on any atom is 0.407 e. The SMILES string of the molecule is CC(C)COC(=O)N[C@H](Cc1c[nH]c2ccccc12)C(=O)OCC(=O)c1ccc(Cl)cc1. The van der Waals surface area contributed by atoms with E-state index in [-0.39, 0.29) is 24.7 Å². The molecule has 7 nitrogen and oxygen atoms in total. The van der Waals surface area contributed by atoms with Gasteiger partial charge in [0, 0.05) is 34.1 Å². The number of nitrogens with one attached hydrogen (secondary N) is 2. The maximum atomic E-state index is 12.8. The van der Waals surface area contributed by atoms with Gasteiger partial charge in [0.2, 0.25) is 0 Å². The molecule has 0 fully saturated rings. The molecule has 8 heteroatoms. The molecular formula is C24H25ClN2O5. The third-order valence-corrected chi connectivity index (χ3v) is 4.99. The lowest BCUT2D eigenvalue weighted by Crippen LogP contribution is -2.44. The number of halogens is 1. The van der Waals surface area contributed by atoms with Gasteiger partial charge in [-0.3, -0.25) is 4.79 Å². The zero-order valence-electron chi connectivity index (χ0n) is 17.9. The molecule has 32 heavy (non-hydrogen) atoms. The first-order valence-corrected chi connectivity index (χ1v) is 10.6. The Morgan fingerprint density at radius 3 is 2.47 bits per heavy atom. The number of aromatic nitrogens is 1. The molecule has 0 aliphatic rings. The van der Waals surface area contributed by atoms with Gasteiger partial charge in [0.05, 0.1) is 6.61 Å². The molecule has 1 atom stereocenters. The van der Waals surface area contributed by atoms with E-state index in [2.05, 4.69) is 10.3 Å². The highest BCUT2D eigenvalue weighted by atomic mass is 35.5. The van der Waals surface area contributed by atoms with Crippen molar-refractivity contribution >= 4 is 40.3 Å². The Morgan fingerprint density at radius 1 is 1.03 bits per heavy atom. The number of H-pyrrole nitrogens is 1. The first kappa shape index (κ1) is 23.3. The molecule has 0 bridgehead atoms. The third kappa shape index (κ3) is 6.34. The summed E-state index contributed by atoms with van der Waals surface area (Å²) in [7, 11) is 0. The number of carbonyl (C=O) groups is 3. The minimum Gasteiger partial charge on any atom is -0.456 e. The minimum absolute atomic E-state index is 0.150. The van der Waals surface area contributed by atoms with Crippen molar-refractivity contribution in [3.05, 3.63) is 70.9 Å². The molecule has 0 saturated heterocycles. The van der Waals surface area contributed by atoms with E-state index in [0.717, 1.165) is 16.5 Å². The highest BCUT2D eigenvalue weighted by Gasteiger charge is 2.26. The van der Waals surface area contributed by atoms with Crippen LogP contribution in [0, 0.1) is 5.92 Å². The van der Waals surface area contributed by atoms with Gasteiger partial charge in [-0.05, 0) is 41.8 Å². The summed E-state index contributed by atoms with van der Waals surface area (Å²) in [6.45, 7) is 3.59. The van der Waals surface area contributed by atoms with Crippen LogP contribution in [0.1, 0.15) is 29.8 Å². The summed E-state index contributed by atoms with van der Waals surface area (Å²) in [4.78, 5) is 40.5. The predicted octanol–water partition coefficient (Wildman–Crippen LogP) is 4.54. The van der Waals surface area contributed by atoms with Crippen LogP contribution in [0.15, 0.2) is 54.7 Å². The number of ether oxygens (including phenoxy) is 2. The lowest BCUT2D eigenvalue weighted by Gasteiger charge is -2.18. The lowest BCUT2D eigenvalue weighted by atomic mass is 10.1. The fraction of sp³-hybridized carbons (Fsp3) is 0.292. The number of esters is 1. The Bertz CT molecular complexity index is 1090. The van der Waals surface area contributed by atoms with E-state index in [4.69, 9.17) is 21.1 Å². The number of aromatic amines is 1. The zero-order chi connectivity index (χ0) is 23.1. The molecule has 0 unspecified atom stereocenters. The second-order valence-corrected chi connectivity index (χ2v) is 8.23. The number of carbonyl (C=O) groups excluding carboxylic acids is 3. The van der Waals surface area contributed by atoms with Gasteiger partial charge in [0.15, 0.2) is 12.4 Å². The van der Waals surface area contributed by atoms with Crippen LogP contribution in [0.4, 0.5) is 4.79 Å². The topological polar surface area (TPSA) is 97.5 Å². The normalized spacial score (nSPS) is 11.9.